The summed E-state index contributed by atoms with van der Waals surface area (Å²) in [5, 5.41) is 11.4. The Hall–Kier alpha value is -3.98. The monoisotopic (exact) mass is 515 g/mol. The van der Waals surface area contributed by atoms with Crippen molar-refractivity contribution >= 4 is 28.5 Å². The van der Waals surface area contributed by atoms with Crippen LogP contribution in [0.5, 0.6) is 0 Å². The number of benzene rings is 2. The van der Waals surface area contributed by atoms with E-state index in [-0.39, 0.29) is 24.5 Å². The van der Waals surface area contributed by atoms with E-state index in [0.717, 1.165) is 24.8 Å². The van der Waals surface area contributed by atoms with Crippen LogP contribution in [0.25, 0.3) is 11.0 Å². The number of carbonyl (C=O) groups is 2. The van der Waals surface area contributed by atoms with Crippen LogP contribution in [0.1, 0.15) is 56.4 Å². The summed E-state index contributed by atoms with van der Waals surface area (Å²) in [5.41, 5.74) is 3.20. The molecule has 198 valence electrons. The maximum absolute atomic E-state index is 14.0. The summed E-state index contributed by atoms with van der Waals surface area (Å²) in [6.07, 6.45) is 4.35. The van der Waals surface area contributed by atoms with Crippen LogP contribution in [0.4, 0.5) is 5.69 Å². The van der Waals surface area contributed by atoms with E-state index in [0.29, 0.717) is 36.0 Å². The molecule has 0 aliphatic carbocycles. The molecule has 3 heterocycles. The number of aromatic nitrogens is 3. The average molecular weight is 516 g/mol. The molecule has 0 saturated carbocycles. The van der Waals surface area contributed by atoms with Gasteiger partial charge in [-0.3, -0.25) is 14.5 Å². The van der Waals surface area contributed by atoms with Gasteiger partial charge < -0.3 is 14.5 Å². The van der Waals surface area contributed by atoms with E-state index in [1.54, 1.807) is 16.8 Å². The first-order valence-electron chi connectivity index (χ1n) is 13.2. The molecule has 3 atom stereocenters. The van der Waals surface area contributed by atoms with Gasteiger partial charge in [0.25, 0.3) is 5.91 Å². The lowest BCUT2D eigenvalue weighted by Crippen LogP contribution is -2.46. The van der Waals surface area contributed by atoms with Crippen molar-refractivity contribution in [3.63, 3.8) is 0 Å². The SMILES string of the molecule is CC[C@H](C)c1ccc(N(C(=O)Cn2nnc3ccccc32)[C@H](C(=O)NC[C@@H]2CCCO2)c2ccco2)cc1. The number of para-hydroxylation sites is 1. The Morgan fingerprint density at radius 2 is 1.95 bits per heavy atom. The molecule has 1 fully saturated rings. The van der Waals surface area contributed by atoms with Gasteiger partial charge in [-0.2, -0.15) is 0 Å². The van der Waals surface area contributed by atoms with Gasteiger partial charge in [0, 0.05) is 18.8 Å². The number of nitrogens with zero attached hydrogens (tertiary/aromatic N) is 4. The Morgan fingerprint density at radius 3 is 2.66 bits per heavy atom. The molecule has 38 heavy (non-hydrogen) atoms. The number of nitrogens with one attached hydrogen (secondary N) is 1. The van der Waals surface area contributed by atoms with Gasteiger partial charge in [0.2, 0.25) is 5.91 Å². The summed E-state index contributed by atoms with van der Waals surface area (Å²) in [6.45, 7) is 5.28. The van der Waals surface area contributed by atoms with Crippen LogP contribution < -0.4 is 10.2 Å². The molecule has 2 amide bonds. The Labute approximate surface area is 221 Å². The summed E-state index contributed by atoms with van der Waals surface area (Å²) < 4.78 is 12.9. The van der Waals surface area contributed by atoms with E-state index in [1.165, 1.54) is 16.7 Å². The van der Waals surface area contributed by atoms with Crippen LogP contribution in [-0.4, -0.2) is 46.1 Å². The molecular formula is C29H33N5O4. The van der Waals surface area contributed by atoms with Crippen LogP contribution in [0.2, 0.25) is 0 Å². The van der Waals surface area contributed by atoms with Crippen molar-refractivity contribution in [2.45, 2.75) is 57.7 Å². The van der Waals surface area contributed by atoms with Crippen molar-refractivity contribution in [2.24, 2.45) is 0 Å². The summed E-state index contributed by atoms with van der Waals surface area (Å²) >= 11 is 0. The number of anilines is 1. The zero-order chi connectivity index (χ0) is 26.5. The largest absolute Gasteiger partial charge is 0.467 e. The molecule has 9 nitrogen and oxygen atoms in total. The molecule has 2 aromatic carbocycles. The van der Waals surface area contributed by atoms with Gasteiger partial charge in [0.15, 0.2) is 6.04 Å². The van der Waals surface area contributed by atoms with E-state index >= 15 is 0 Å². The van der Waals surface area contributed by atoms with Crippen LogP contribution in [0, 0.1) is 0 Å². The molecule has 0 radical (unpaired) electrons. The highest BCUT2D eigenvalue weighted by atomic mass is 16.5. The van der Waals surface area contributed by atoms with E-state index in [2.05, 4.69) is 29.5 Å². The van der Waals surface area contributed by atoms with Crippen molar-refractivity contribution in [3.8, 4) is 0 Å². The summed E-state index contributed by atoms with van der Waals surface area (Å²) in [6, 6.07) is 17.7. The van der Waals surface area contributed by atoms with Gasteiger partial charge in [-0.25, -0.2) is 4.68 Å². The Bertz CT molecular complexity index is 1360. The molecule has 9 heteroatoms. The summed E-state index contributed by atoms with van der Waals surface area (Å²) in [4.78, 5) is 29.2. The number of carbonyl (C=O) groups excluding carboxylic acids is 2. The third-order valence-electron chi connectivity index (χ3n) is 7.17. The van der Waals surface area contributed by atoms with Gasteiger partial charge in [0.05, 0.1) is 17.9 Å². The predicted octanol–water partition coefficient (Wildman–Crippen LogP) is 4.61. The van der Waals surface area contributed by atoms with Crippen molar-refractivity contribution in [1.82, 2.24) is 20.3 Å². The first-order valence-corrected chi connectivity index (χ1v) is 13.2. The fraction of sp³-hybridized carbons (Fsp3) is 0.379. The minimum absolute atomic E-state index is 0.0309. The lowest BCUT2D eigenvalue weighted by atomic mass is 9.98. The van der Waals surface area contributed by atoms with E-state index in [4.69, 9.17) is 9.15 Å². The first kappa shape index (κ1) is 25.7. The molecule has 0 bridgehead atoms. The number of furan rings is 1. The van der Waals surface area contributed by atoms with E-state index in [9.17, 15) is 9.59 Å². The average Bonchev–Trinajstić information content (AvgIpc) is 3.73. The van der Waals surface area contributed by atoms with Gasteiger partial charge in [-0.05, 0) is 67.1 Å². The van der Waals surface area contributed by atoms with Crippen molar-refractivity contribution in [1.29, 1.82) is 0 Å². The van der Waals surface area contributed by atoms with E-state index < -0.39 is 6.04 Å². The zero-order valence-electron chi connectivity index (χ0n) is 21.7. The van der Waals surface area contributed by atoms with Gasteiger partial charge in [0.1, 0.15) is 17.8 Å². The number of hydrogen-bond acceptors (Lipinski definition) is 6. The third-order valence-corrected chi connectivity index (χ3v) is 7.17. The van der Waals surface area contributed by atoms with Gasteiger partial charge in [-0.1, -0.05) is 43.3 Å². The summed E-state index contributed by atoms with van der Waals surface area (Å²) in [5.74, 6) is 0.104. The summed E-state index contributed by atoms with van der Waals surface area (Å²) in [7, 11) is 0. The topological polar surface area (TPSA) is 102 Å². The third kappa shape index (κ3) is 5.47. The number of ether oxygens (including phenoxy) is 1. The van der Waals surface area contributed by atoms with Crippen molar-refractivity contribution < 1.29 is 18.7 Å². The van der Waals surface area contributed by atoms with Crippen molar-refractivity contribution in [2.75, 3.05) is 18.1 Å². The zero-order valence-corrected chi connectivity index (χ0v) is 21.7. The second-order valence-electron chi connectivity index (χ2n) is 9.70. The fourth-order valence-electron chi connectivity index (χ4n) is 4.81. The molecule has 0 unspecified atom stereocenters. The number of amides is 2. The first-order chi connectivity index (χ1) is 18.5. The maximum atomic E-state index is 14.0. The molecular weight excluding hydrogens is 482 g/mol. The molecule has 5 rings (SSSR count). The molecule has 2 aromatic heterocycles. The Morgan fingerprint density at radius 1 is 1.13 bits per heavy atom. The highest BCUT2D eigenvalue weighted by Crippen LogP contribution is 2.31. The standard InChI is InChI=1S/C29H33N5O4/c1-3-20(2)21-12-14-22(15-13-21)34(27(35)19-33-25-10-5-4-9-24(25)31-32-33)28(26-11-7-17-38-26)29(36)30-18-23-8-6-16-37-23/h4-5,7,9-15,17,20,23,28H,3,6,8,16,18-19H2,1-2H3,(H,30,36)/t20-,23-,28-/m0/s1. The van der Waals surface area contributed by atoms with Gasteiger partial charge in [-0.15, -0.1) is 5.10 Å². The molecule has 1 aliphatic rings. The Balaban J connectivity index is 1.50. The number of rotatable bonds is 10. The highest BCUT2D eigenvalue weighted by molar-refractivity contribution is 6.01. The molecule has 4 aromatic rings. The number of fused-ring (bicyclic) bond motifs is 1. The smallest absolute Gasteiger partial charge is 0.251 e. The molecule has 1 aliphatic heterocycles. The van der Waals surface area contributed by atoms with Gasteiger partial charge >= 0.3 is 0 Å². The lowest BCUT2D eigenvalue weighted by Gasteiger charge is -2.30. The van der Waals surface area contributed by atoms with Crippen LogP contribution in [0.3, 0.4) is 0 Å². The minimum atomic E-state index is -1.01. The Kier molecular flexibility index (Phi) is 7.83. The predicted molar refractivity (Wildman–Crippen MR) is 144 cm³/mol. The second kappa shape index (κ2) is 11.6. The highest BCUT2D eigenvalue weighted by Gasteiger charge is 2.35. The normalized spacial score (nSPS) is 16.8. The minimum Gasteiger partial charge on any atom is -0.467 e. The van der Waals surface area contributed by atoms with Crippen LogP contribution in [0.15, 0.2) is 71.3 Å². The lowest BCUT2D eigenvalue weighted by molar-refractivity contribution is -0.127. The second-order valence-corrected chi connectivity index (χ2v) is 9.70. The van der Waals surface area contributed by atoms with Crippen LogP contribution in [-0.2, 0) is 20.9 Å². The van der Waals surface area contributed by atoms with E-state index in [1.807, 2.05) is 48.5 Å². The van der Waals surface area contributed by atoms with Crippen LogP contribution >= 0.6 is 0 Å². The van der Waals surface area contributed by atoms with Crippen molar-refractivity contribution in [3.05, 3.63) is 78.3 Å². The molecule has 1 saturated heterocycles. The quantitative estimate of drug-likeness (QED) is 0.331. The maximum Gasteiger partial charge on any atom is 0.251 e. The molecule has 0 spiro atoms. The fourth-order valence-corrected chi connectivity index (χ4v) is 4.81. The molecule has 1 N–H and O–H groups in total. The number of hydrogen-bond donors (Lipinski definition) is 1.